The lowest BCUT2D eigenvalue weighted by atomic mass is 9.77. The Balaban J connectivity index is 1.56. The van der Waals surface area contributed by atoms with E-state index in [9.17, 15) is 17.6 Å². The number of halogens is 4. The predicted molar refractivity (Wildman–Crippen MR) is 112 cm³/mol. The van der Waals surface area contributed by atoms with Gasteiger partial charge in [-0.25, -0.2) is 4.39 Å². The molecule has 30 heavy (non-hydrogen) atoms. The van der Waals surface area contributed by atoms with Crippen LogP contribution in [-0.2, 0) is 0 Å². The number of alkyl halides is 3. The highest BCUT2D eigenvalue weighted by molar-refractivity contribution is 5.64. The molecule has 2 aromatic carbocycles. The van der Waals surface area contributed by atoms with Crippen LogP contribution in [0.1, 0.15) is 69.8 Å². The van der Waals surface area contributed by atoms with Gasteiger partial charge in [0.2, 0.25) is 0 Å². The van der Waals surface area contributed by atoms with Crippen LogP contribution in [0.3, 0.4) is 0 Å². The minimum atomic E-state index is -4.22. The normalized spacial score (nSPS) is 19.6. The third kappa shape index (κ3) is 6.48. The number of hydrogen-bond donors (Lipinski definition) is 0. The van der Waals surface area contributed by atoms with Gasteiger partial charge in [0.15, 0.2) is 11.6 Å². The Labute approximate surface area is 176 Å². The summed E-state index contributed by atoms with van der Waals surface area (Å²) in [5, 5.41) is 0. The van der Waals surface area contributed by atoms with Gasteiger partial charge in [-0.1, -0.05) is 50.1 Å². The van der Waals surface area contributed by atoms with Crippen LogP contribution in [0.15, 0.2) is 42.5 Å². The molecule has 3 rings (SSSR count). The zero-order valence-corrected chi connectivity index (χ0v) is 17.5. The zero-order valence-electron chi connectivity index (χ0n) is 17.5. The maximum Gasteiger partial charge on any atom is 0.389 e. The molecule has 0 unspecified atom stereocenters. The minimum Gasteiger partial charge on any atom is -0.491 e. The fourth-order valence-corrected chi connectivity index (χ4v) is 4.39. The first-order valence-electron chi connectivity index (χ1n) is 10.9. The van der Waals surface area contributed by atoms with Crippen molar-refractivity contribution in [1.82, 2.24) is 0 Å². The van der Waals surface area contributed by atoms with Gasteiger partial charge >= 0.3 is 6.18 Å². The van der Waals surface area contributed by atoms with Crippen LogP contribution in [0.25, 0.3) is 11.1 Å². The molecule has 0 bridgehead atoms. The third-order valence-electron chi connectivity index (χ3n) is 6.05. The Morgan fingerprint density at radius 2 is 1.60 bits per heavy atom. The van der Waals surface area contributed by atoms with E-state index in [-0.39, 0.29) is 18.8 Å². The van der Waals surface area contributed by atoms with Gasteiger partial charge in [-0.2, -0.15) is 13.2 Å². The van der Waals surface area contributed by atoms with E-state index in [1.54, 1.807) is 6.07 Å². The average molecular weight is 423 g/mol. The Morgan fingerprint density at radius 1 is 0.933 bits per heavy atom. The summed E-state index contributed by atoms with van der Waals surface area (Å²) < 4.78 is 56.0. The van der Waals surface area contributed by atoms with E-state index in [2.05, 4.69) is 19.1 Å². The topological polar surface area (TPSA) is 9.23 Å². The molecule has 0 spiro atoms. The molecule has 164 valence electrons. The molecule has 1 aliphatic carbocycles. The van der Waals surface area contributed by atoms with Crippen molar-refractivity contribution in [2.45, 2.75) is 70.4 Å². The number of hydrogen-bond acceptors (Lipinski definition) is 1. The summed E-state index contributed by atoms with van der Waals surface area (Å²) in [4.78, 5) is 0. The van der Waals surface area contributed by atoms with E-state index >= 15 is 0 Å². The van der Waals surface area contributed by atoms with E-state index in [4.69, 9.17) is 4.74 Å². The molecule has 1 saturated carbocycles. The number of benzene rings is 2. The molecule has 0 saturated heterocycles. The monoisotopic (exact) mass is 422 g/mol. The summed E-state index contributed by atoms with van der Waals surface area (Å²) in [6.07, 6.45) is 2.33. The van der Waals surface area contributed by atoms with Gasteiger partial charge in [0.05, 0.1) is 6.61 Å². The zero-order chi connectivity index (χ0) is 21.6. The Kier molecular flexibility index (Phi) is 7.79. The van der Waals surface area contributed by atoms with Crippen molar-refractivity contribution < 1.29 is 22.3 Å². The maximum atomic E-state index is 14.3. The van der Waals surface area contributed by atoms with Gasteiger partial charge in [-0.3, -0.25) is 0 Å². The lowest BCUT2D eigenvalue weighted by Gasteiger charge is -2.28. The molecule has 2 aromatic rings. The second kappa shape index (κ2) is 10.3. The molecule has 0 heterocycles. The quantitative estimate of drug-likeness (QED) is 0.307. The smallest absolute Gasteiger partial charge is 0.389 e. The van der Waals surface area contributed by atoms with Crippen LogP contribution >= 0.6 is 0 Å². The van der Waals surface area contributed by atoms with Crippen molar-refractivity contribution in [1.29, 1.82) is 0 Å². The Bertz CT molecular complexity index is 790. The van der Waals surface area contributed by atoms with Crippen LogP contribution in [0, 0.1) is 11.7 Å². The molecule has 0 atom stereocenters. The van der Waals surface area contributed by atoms with Crippen molar-refractivity contribution in [3.05, 3.63) is 53.8 Å². The summed E-state index contributed by atoms with van der Waals surface area (Å²) in [5.41, 5.74) is 2.99. The Hall–Kier alpha value is -2.04. The summed E-state index contributed by atoms with van der Waals surface area (Å²) in [6.45, 7) is 2.09. The fraction of sp³-hybridized carbons (Fsp3) is 0.520. The van der Waals surface area contributed by atoms with E-state index in [1.807, 2.05) is 12.1 Å². The highest BCUT2D eigenvalue weighted by Crippen LogP contribution is 2.38. The maximum absolute atomic E-state index is 14.3. The lowest BCUT2D eigenvalue weighted by Crippen LogP contribution is -2.13. The first-order valence-corrected chi connectivity index (χ1v) is 10.9. The molecule has 1 nitrogen and oxygen atoms in total. The summed E-state index contributed by atoms with van der Waals surface area (Å²) in [7, 11) is 0. The first-order chi connectivity index (χ1) is 14.4. The van der Waals surface area contributed by atoms with Gasteiger partial charge in [0.25, 0.3) is 0 Å². The van der Waals surface area contributed by atoms with Gasteiger partial charge in [-0.05, 0) is 72.8 Å². The van der Waals surface area contributed by atoms with Crippen LogP contribution < -0.4 is 4.74 Å². The van der Waals surface area contributed by atoms with Crippen molar-refractivity contribution in [2.75, 3.05) is 6.61 Å². The van der Waals surface area contributed by atoms with Crippen LogP contribution in [0.5, 0.6) is 5.75 Å². The third-order valence-corrected chi connectivity index (χ3v) is 6.05. The van der Waals surface area contributed by atoms with Crippen molar-refractivity contribution in [3.63, 3.8) is 0 Å². The van der Waals surface area contributed by atoms with Gasteiger partial charge in [0.1, 0.15) is 0 Å². The highest BCUT2D eigenvalue weighted by Gasteiger charge is 2.26. The van der Waals surface area contributed by atoms with Gasteiger partial charge < -0.3 is 4.74 Å². The summed E-state index contributed by atoms with van der Waals surface area (Å²) >= 11 is 0. The first kappa shape index (κ1) is 22.6. The van der Waals surface area contributed by atoms with E-state index in [0.717, 1.165) is 17.0 Å². The summed E-state index contributed by atoms with van der Waals surface area (Å²) in [6, 6.07) is 12.9. The molecule has 5 heteroatoms. The number of rotatable bonds is 8. The van der Waals surface area contributed by atoms with Crippen LogP contribution in [0.4, 0.5) is 17.6 Å². The van der Waals surface area contributed by atoms with Crippen LogP contribution in [-0.4, -0.2) is 12.8 Å². The van der Waals surface area contributed by atoms with E-state index < -0.39 is 18.4 Å². The van der Waals surface area contributed by atoms with Crippen molar-refractivity contribution in [3.8, 4) is 16.9 Å². The highest BCUT2D eigenvalue weighted by atomic mass is 19.4. The van der Waals surface area contributed by atoms with E-state index in [1.165, 1.54) is 56.2 Å². The standard InChI is InChI=1S/C25H30F4O/c1-2-4-18-5-7-19(8-6-18)20-9-11-21(12-10-20)22-13-14-24(23(26)17-22)30-16-3-15-25(27,28)29/h9-14,17-19H,2-8,15-16H2,1H3/t18-,19-. The largest absolute Gasteiger partial charge is 0.491 e. The average Bonchev–Trinajstić information content (AvgIpc) is 2.72. The predicted octanol–water partition coefficient (Wildman–Crippen LogP) is 8.29. The van der Waals surface area contributed by atoms with Gasteiger partial charge in [-0.15, -0.1) is 0 Å². The van der Waals surface area contributed by atoms with E-state index in [0.29, 0.717) is 5.92 Å². The molecule has 0 N–H and O–H groups in total. The minimum absolute atomic E-state index is 0.0126. The molecule has 0 aromatic heterocycles. The second-order valence-electron chi connectivity index (χ2n) is 8.34. The lowest BCUT2D eigenvalue weighted by molar-refractivity contribution is -0.136. The number of ether oxygens (including phenoxy) is 1. The van der Waals surface area contributed by atoms with Crippen LogP contribution in [0.2, 0.25) is 0 Å². The Morgan fingerprint density at radius 3 is 2.20 bits per heavy atom. The molecule has 0 radical (unpaired) electrons. The van der Waals surface area contributed by atoms with Crippen molar-refractivity contribution in [2.24, 2.45) is 5.92 Å². The van der Waals surface area contributed by atoms with Crippen molar-refractivity contribution >= 4 is 0 Å². The summed E-state index contributed by atoms with van der Waals surface area (Å²) in [5.74, 6) is 0.915. The molecule has 0 aliphatic heterocycles. The van der Waals surface area contributed by atoms with Gasteiger partial charge in [0, 0.05) is 6.42 Å². The second-order valence-corrected chi connectivity index (χ2v) is 8.34. The molecule has 1 aliphatic rings. The molecule has 0 amide bonds. The SMILES string of the molecule is CCC[C@H]1CC[C@H](c2ccc(-c3ccc(OCCCC(F)(F)F)c(F)c3)cc2)CC1. The molecular formula is C25H30F4O. The molecule has 1 fully saturated rings. The molecular weight excluding hydrogens is 392 g/mol. The fourth-order valence-electron chi connectivity index (χ4n) is 4.39.